The number of rotatable bonds is 5. The van der Waals surface area contributed by atoms with E-state index in [1.54, 1.807) is 24.3 Å². The third-order valence-electron chi connectivity index (χ3n) is 5.47. The molecule has 0 aliphatic carbocycles. The fraction of sp³-hybridized carbons (Fsp3) is 0.107. The highest BCUT2D eigenvalue weighted by Gasteiger charge is 2.23. The van der Waals surface area contributed by atoms with E-state index in [1.165, 1.54) is 22.3 Å². The van der Waals surface area contributed by atoms with Gasteiger partial charge in [0.15, 0.2) is 16.4 Å². The number of aryl methyl sites for hydroxylation is 3. The average Bonchev–Trinajstić information content (AvgIpc) is 2.78. The van der Waals surface area contributed by atoms with Gasteiger partial charge in [-0.1, -0.05) is 64.7 Å². The zero-order valence-electron chi connectivity index (χ0n) is 17.9. The molecule has 4 aromatic carbocycles. The van der Waals surface area contributed by atoms with Crippen LogP contribution in [0.1, 0.15) is 32.6 Å². The molecular weight excluding hydrogens is 399 g/mol. The molecule has 1 unspecified atom stereocenters. The maximum Gasteiger partial charge on any atom is 0.415 e. The first-order chi connectivity index (χ1) is 14.9. The molecule has 0 aliphatic rings. The Morgan fingerprint density at radius 2 is 1.13 bits per heavy atom. The zero-order valence-corrected chi connectivity index (χ0v) is 18.8. The Balaban J connectivity index is 1.56. The molecule has 0 aliphatic heterocycles. The summed E-state index contributed by atoms with van der Waals surface area (Å²) in [6, 6.07) is 28.6. The van der Waals surface area contributed by atoms with Crippen molar-refractivity contribution < 1.29 is 9.36 Å². The second kappa shape index (κ2) is 8.79. The number of benzene rings is 4. The molecule has 3 heteroatoms. The minimum Gasteiger partial charge on any atom is -0.289 e. The van der Waals surface area contributed by atoms with Crippen molar-refractivity contribution in [2.75, 3.05) is 0 Å². The van der Waals surface area contributed by atoms with E-state index in [-0.39, 0.29) is 5.78 Å². The van der Waals surface area contributed by atoms with Gasteiger partial charge in [0.05, 0.1) is 0 Å². The molecule has 1 atom stereocenters. The topological polar surface area (TPSA) is 34.1 Å². The fourth-order valence-electron chi connectivity index (χ4n) is 4.05. The maximum atomic E-state index is 13.0. The van der Waals surface area contributed by atoms with Crippen molar-refractivity contribution in [2.45, 2.75) is 20.8 Å². The van der Waals surface area contributed by atoms with Crippen molar-refractivity contribution in [1.82, 2.24) is 0 Å². The standard InChI is InChI=1S/C28H24O2P/c1-19-17-20(2)27(21(3)18-19)22-9-11-23(12-10-22)28(29)24-13-15-26(16-14-24)31(30)25-7-5-4-6-8-25/h4-18H,1-3H3/q+1. The van der Waals surface area contributed by atoms with Crippen LogP contribution in [0.15, 0.2) is 91.0 Å². The first kappa shape index (κ1) is 20.9. The van der Waals surface area contributed by atoms with E-state index in [2.05, 4.69) is 32.9 Å². The molecule has 0 amide bonds. The third kappa shape index (κ3) is 4.40. The van der Waals surface area contributed by atoms with Crippen LogP contribution in [0.25, 0.3) is 11.1 Å². The summed E-state index contributed by atoms with van der Waals surface area (Å²) in [4.78, 5) is 13.0. The van der Waals surface area contributed by atoms with Crippen molar-refractivity contribution in [3.63, 3.8) is 0 Å². The van der Waals surface area contributed by atoms with Crippen molar-refractivity contribution in [3.8, 4) is 11.1 Å². The molecule has 2 nitrogen and oxygen atoms in total. The predicted molar refractivity (Wildman–Crippen MR) is 129 cm³/mol. The maximum absolute atomic E-state index is 13.0. The Labute approximate surface area is 184 Å². The Kier molecular flexibility index (Phi) is 5.93. The smallest absolute Gasteiger partial charge is 0.289 e. The van der Waals surface area contributed by atoms with Gasteiger partial charge in [-0.05, 0) is 79.4 Å². The molecular formula is C28H24O2P+. The van der Waals surface area contributed by atoms with Crippen molar-refractivity contribution in [1.29, 1.82) is 0 Å². The van der Waals surface area contributed by atoms with Crippen LogP contribution in [-0.4, -0.2) is 5.78 Å². The van der Waals surface area contributed by atoms with E-state index in [1.807, 2.05) is 54.6 Å². The van der Waals surface area contributed by atoms with Crippen LogP contribution in [0.3, 0.4) is 0 Å². The van der Waals surface area contributed by atoms with Crippen molar-refractivity contribution in [2.24, 2.45) is 0 Å². The van der Waals surface area contributed by atoms with Crippen LogP contribution in [0, 0.1) is 20.8 Å². The molecule has 0 aromatic heterocycles. The second-order valence-electron chi connectivity index (χ2n) is 7.86. The van der Waals surface area contributed by atoms with Gasteiger partial charge in [0.25, 0.3) is 0 Å². The SMILES string of the molecule is Cc1cc(C)c(-c2ccc(C(=O)c3ccc([P+](=O)c4ccccc4)cc3)cc2)c(C)c1. The van der Waals surface area contributed by atoms with Crippen LogP contribution in [0.5, 0.6) is 0 Å². The van der Waals surface area contributed by atoms with Gasteiger partial charge in [0.1, 0.15) is 0 Å². The van der Waals surface area contributed by atoms with E-state index in [0.717, 1.165) is 16.2 Å². The number of carbonyl (C=O) groups excluding carboxylic acids is 1. The number of hydrogen-bond acceptors (Lipinski definition) is 2. The number of hydrogen-bond donors (Lipinski definition) is 0. The van der Waals surface area contributed by atoms with Gasteiger partial charge in [-0.15, -0.1) is 0 Å². The summed E-state index contributed by atoms with van der Waals surface area (Å²) in [5.41, 5.74) is 7.30. The summed E-state index contributed by atoms with van der Waals surface area (Å²) >= 11 is 0. The lowest BCUT2D eigenvalue weighted by molar-refractivity contribution is 0.103. The molecule has 0 radical (unpaired) electrons. The van der Waals surface area contributed by atoms with E-state index in [9.17, 15) is 9.36 Å². The van der Waals surface area contributed by atoms with Crippen LogP contribution >= 0.6 is 7.80 Å². The molecule has 0 N–H and O–H groups in total. The molecule has 0 saturated heterocycles. The lowest BCUT2D eigenvalue weighted by Gasteiger charge is -2.12. The van der Waals surface area contributed by atoms with Crippen LogP contribution in [0.2, 0.25) is 0 Å². The Hall–Kier alpha value is -3.35. The minimum atomic E-state index is -1.66. The first-order valence-electron chi connectivity index (χ1n) is 10.3. The summed E-state index contributed by atoms with van der Waals surface area (Å²) in [6.45, 7) is 6.35. The van der Waals surface area contributed by atoms with Crippen LogP contribution < -0.4 is 10.6 Å². The summed E-state index contributed by atoms with van der Waals surface area (Å²) in [7, 11) is -1.66. The summed E-state index contributed by atoms with van der Waals surface area (Å²) in [5, 5.41) is 1.51. The zero-order chi connectivity index (χ0) is 22.0. The van der Waals surface area contributed by atoms with Gasteiger partial charge in [-0.3, -0.25) is 4.79 Å². The Bertz CT molecular complexity index is 1230. The molecule has 31 heavy (non-hydrogen) atoms. The molecule has 152 valence electrons. The van der Waals surface area contributed by atoms with E-state index in [0.29, 0.717) is 11.1 Å². The molecule has 0 spiro atoms. The minimum absolute atomic E-state index is 0.0367. The van der Waals surface area contributed by atoms with Gasteiger partial charge in [0.2, 0.25) is 0 Å². The Morgan fingerprint density at radius 3 is 1.68 bits per heavy atom. The Morgan fingerprint density at radius 1 is 0.645 bits per heavy atom. The molecule has 0 fully saturated rings. The predicted octanol–water partition coefficient (Wildman–Crippen LogP) is 6.29. The lowest BCUT2D eigenvalue weighted by Crippen LogP contribution is -2.08. The normalized spacial score (nSPS) is 11.3. The van der Waals surface area contributed by atoms with Crippen molar-refractivity contribution >= 4 is 24.2 Å². The average molecular weight is 423 g/mol. The molecule has 0 bridgehead atoms. The quantitative estimate of drug-likeness (QED) is 0.279. The van der Waals surface area contributed by atoms with E-state index >= 15 is 0 Å². The summed E-state index contributed by atoms with van der Waals surface area (Å²) in [6.07, 6.45) is 0. The van der Waals surface area contributed by atoms with Crippen LogP contribution in [-0.2, 0) is 4.57 Å². The first-order valence-corrected chi connectivity index (χ1v) is 11.6. The highest BCUT2D eigenvalue weighted by Crippen LogP contribution is 2.29. The van der Waals surface area contributed by atoms with Gasteiger partial charge >= 0.3 is 7.80 Å². The van der Waals surface area contributed by atoms with Crippen LogP contribution in [0.4, 0.5) is 0 Å². The monoisotopic (exact) mass is 423 g/mol. The van der Waals surface area contributed by atoms with Gasteiger partial charge < -0.3 is 0 Å². The van der Waals surface area contributed by atoms with Gasteiger partial charge in [-0.25, -0.2) is 0 Å². The van der Waals surface area contributed by atoms with E-state index in [4.69, 9.17) is 0 Å². The fourth-order valence-corrected chi connectivity index (χ4v) is 5.21. The molecule has 4 rings (SSSR count). The summed E-state index contributed by atoms with van der Waals surface area (Å²) < 4.78 is 12.7. The molecule has 0 heterocycles. The lowest BCUT2D eigenvalue weighted by atomic mass is 9.92. The number of carbonyl (C=O) groups is 1. The molecule has 4 aromatic rings. The highest BCUT2D eigenvalue weighted by molar-refractivity contribution is 7.61. The number of ketones is 1. The van der Waals surface area contributed by atoms with Crippen molar-refractivity contribution in [3.05, 3.63) is 119 Å². The molecule has 0 saturated carbocycles. The largest absolute Gasteiger partial charge is 0.415 e. The second-order valence-corrected chi connectivity index (χ2v) is 9.48. The summed E-state index contributed by atoms with van der Waals surface area (Å²) in [5.74, 6) is -0.0367. The highest BCUT2D eigenvalue weighted by atomic mass is 31.1. The van der Waals surface area contributed by atoms with E-state index < -0.39 is 7.80 Å². The van der Waals surface area contributed by atoms with Gasteiger partial charge in [0, 0.05) is 11.1 Å². The van der Waals surface area contributed by atoms with Gasteiger partial charge in [-0.2, -0.15) is 0 Å². The third-order valence-corrected chi connectivity index (χ3v) is 7.00.